The Morgan fingerprint density at radius 1 is 1.53 bits per heavy atom. The molecular formula is C11H19ClN2S. The minimum Gasteiger partial charge on any atom is -0.308 e. The van der Waals surface area contributed by atoms with E-state index in [1.807, 2.05) is 6.07 Å². The quantitative estimate of drug-likeness (QED) is 0.830. The largest absolute Gasteiger partial charge is 0.308 e. The van der Waals surface area contributed by atoms with Crippen LogP contribution >= 0.6 is 22.9 Å². The Labute approximate surface area is 101 Å². The normalized spacial score (nSPS) is 13.4. The van der Waals surface area contributed by atoms with Crippen molar-refractivity contribution in [2.45, 2.75) is 19.9 Å². The van der Waals surface area contributed by atoms with Crippen LogP contribution in [0.5, 0.6) is 0 Å². The topological polar surface area (TPSA) is 15.3 Å². The first kappa shape index (κ1) is 13.0. The van der Waals surface area contributed by atoms with Gasteiger partial charge in [-0.1, -0.05) is 18.5 Å². The standard InChI is InChI=1S/C11H19ClN2S/c1-4-14(3)8-7-13-9(2)10-5-6-11(12)15-10/h5-6,9,13H,4,7-8H2,1-3H3. The van der Waals surface area contributed by atoms with E-state index >= 15 is 0 Å². The molecule has 0 aliphatic rings. The maximum atomic E-state index is 5.89. The number of likely N-dealkylation sites (N-methyl/N-ethyl adjacent to an activating group) is 1. The molecule has 1 heterocycles. The fraction of sp³-hybridized carbons (Fsp3) is 0.636. The summed E-state index contributed by atoms with van der Waals surface area (Å²) in [5, 5.41) is 3.49. The molecule has 2 nitrogen and oxygen atoms in total. The van der Waals surface area contributed by atoms with Crippen LogP contribution in [0.1, 0.15) is 24.8 Å². The lowest BCUT2D eigenvalue weighted by Gasteiger charge is -2.17. The molecule has 0 aromatic carbocycles. The van der Waals surface area contributed by atoms with E-state index in [-0.39, 0.29) is 0 Å². The van der Waals surface area contributed by atoms with Crippen LogP contribution < -0.4 is 5.32 Å². The average Bonchev–Trinajstić information content (AvgIpc) is 2.64. The first-order chi connectivity index (χ1) is 7.13. The number of thiophene rings is 1. The van der Waals surface area contributed by atoms with Crippen molar-refractivity contribution in [1.82, 2.24) is 10.2 Å². The van der Waals surface area contributed by atoms with Crippen molar-refractivity contribution in [1.29, 1.82) is 0 Å². The monoisotopic (exact) mass is 246 g/mol. The van der Waals surface area contributed by atoms with E-state index < -0.39 is 0 Å². The van der Waals surface area contributed by atoms with Gasteiger partial charge in [-0.25, -0.2) is 0 Å². The van der Waals surface area contributed by atoms with Crippen LogP contribution in [-0.2, 0) is 0 Å². The van der Waals surface area contributed by atoms with Gasteiger partial charge < -0.3 is 10.2 Å². The first-order valence-electron chi connectivity index (χ1n) is 5.30. The number of hydrogen-bond donors (Lipinski definition) is 1. The molecule has 0 fully saturated rings. The number of rotatable bonds is 6. The predicted molar refractivity (Wildman–Crippen MR) is 68.9 cm³/mol. The van der Waals surface area contributed by atoms with Crippen molar-refractivity contribution < 1.29 is 0 Å². The lowest BCUT2D eigenvalue weighted by molar-refractivity contribution is 0.343. The molecule has 0 saturated carbocycles. The molecule has 0 spiro atoms. The first-order valence-corrected chi connectivity index (χ1v) is 6.50. The summed E-state index contributed by atoms with van der Waals surface area (Å²) in [4.78, 5) is 3.60. The van der Waals surface area contributed by atoms with Gasteiger partial charge in [0.2, 0.25) is 0 Å². The Hall–Kier alpha value is -0.0900. The third kappa shape index (κ3) is 4.51. The molecule has 0 saturated heterocycles. The van der Waals surface area contributed by atoms with E-state index in [0.717, 1.165) is 24.0 Å². The van der Waals surface area contributed by atoms with Gasteiger partial charge in [-0.15, -0.1) is 11.3 Å². The highest BCUT2D eigenvalue weighted by Crippen LogP contribution is 2.26. The van der Waals surface area contributed by atoms with Gasteiger partial charge in [0.05, 0.1) is 4.34 Å². The lowest BCUT2D eigenvalue weighted by Crippen LogP contribution is -2.30. The maximum Gasteiger partial charge on any atom is 0.0931 e. The van der Waals surface area contributed by atoms with E-state index in [1.165, 1.54) is 4.88 Å². The summed E-state index contributed by atoms with van der Waals surface area (Å²) in [5.41, 5.74) is 0. The van der Waals surface area contributed by atoms with Crippen LogP contribution in [0.25, 0.3) is 0 Å². The Bertz CT molecular complexity index is 288. The van der Waals surface area contributed by atoms with Gasteiger partial charge in [0.15, 0.2) is 0 Å². The van der Waals surface area contributed by atoms with Crippen LogP contribution in [0, 0.1) is 0 Å². The van der Waals surface area contributed by atoms with Gasteiger partial charge in [0.25, 0.3) is 0 Å². The van der Waals surface area contributed by atoms with Crippen LogP contribution in [0.4, 0.5) is 0 Å². The summed E-state index contributed by atoms with van der Waals surface area (Å²) in [7, 11) is 2.13. The van der Waals surface area contributed by atoms with Crippen molar-refractivity contribution in [3.63, 3.8) is 0 Å². The summed E-state index contributed by atoms with van der Waals surface area (Å²) in [6, 6.07) is 4.44. The molecule has 1 atom stereocenters. The molecule has 0 aliphatic carbocycles. The molecule has 0 bridgehead atoms. The smallest absolute Gasteiger partial charge is 0.0931 e. The van der Waals surface area contributed by atoms with Gasteiger partial charge in [-0.2, -0.15) is 0 Å². The molecule has 1 aromatic heterocycles. The molecule has 0 radical (unpaired) electrons. The summed E-state index contributed by atoms with van der Waals surface area (Å²) >= 11 is 7.54. The van der Waals surface area contributed by atoms with E-state index in [2.05, 4.69) is 37.2 Å². The predicted octanol–water partition coefficient (Wildman–Crippen LogP) is 3.00. The zero-order chi connectivity index (χ0) is 11.3. The van der Waals surface area contributed by atoms with E-state index in [1.54, 1.807) is 11.3 Å². The molecule has 1 unspecified atom stereocenters. The zero-order valence-electron chi connectivity index (χ0n) is 9.59. The Morgan fingerprint density at radius 3 is 2.80 bits per heavy atom. The third-order valence-corrected chi connectivity index (χ3v) is 3.92. The number of halogens is 1. The highest BCUT2D eigenvalue weighted by molar-refractivity contribution is 7.16. The molecule has 0 aliphatic heterocycles. The van der Waals surface area contributed by atoms with E-state index in [9.17, 15) is 0 Å². The summed E-state index contributed by atoms with van der Waals surface area (Å²) < 4.78 is 0.865. The van der Waals surface area contributed by atoms with Gasteiger partial charge in [-0.3, -0.25) is 0 Å². The summed E-state index contributed by atoms with van der Waals surface area (Å²) in [6.07, 6.45) is 0. The minimum absolute atomic E-state index is 0.396. The Kier molecular flexibility index (Phi) is 5.61. The molecule has 86 valence electrons. The van der Waals surface area contributed by atoms with Crippen LogP contribution in [-0.4, -0.2) is 31.6 Å². The Balaban J connectivity index is 2.27. The molecule has 1 rings (SSSR count). The highest BCUT2D eigenvalue weighted by atomic mass is 35.5. The fourth-order valence-electron chi connectivity index (χ4n) is 1.29. The molecule has 1 N–H and O–H groups in total. The van der Waals surface area contributed by atoms with Gasteiger partial charge >= 0.3 is 0 Å². The summed E-state index contributed by atoms with van der Waals surface area (Å²) in [6.45, 7) is 7.54. The number of nitrogens with zero attached hydrogens (tertiary/aromatic N) is 1. The molecule has 4 heteroatoms. The van der Waals surface area contributed by atoms with Crippen LogP contribution in [0.3, 0.4) is 0 Å². The van der Waals surface area contributed by atoms with Crippen LogP contribution in [0.2, 0.25) is 4.34 Å². The van der Waals surface area contributed by atoms with E-state index in [0.29, 0.717) is 6.04 Å². The third-order valence-electron chi connectivity index (χ3n) is 2.50. The molecule has 1 aromatic rings. The van der Waals surface area contributed by atoms with Gasteiger partial charge in [0, 0.05) is 24.0 Å². The van der Waals surface area contributed by atoms with Crippen molar-refractivity contribution in [3.05, 3.63) is 21.3 Å². The second-order valence-corrected chi connectivity index (χ2v) is 5.46. The van der Waals surface area contributed by atoms with Crippen molar-refractivity contribution in [2.75, 3.05) is 26.7 Å². The average molecular weight is 247 g/mol. The lowest BCUT2D eigenvalue weighted by atomic mass is 10.3. The summed E-state index contributed by atoms with van der Waals surface area (Å²) in [5.74, 6) is 0. The number of hydrogen-bond acceptors (Lipinski definition) is 3. The Morgan fingerprint density at radius 2 is 2.27 bits per heavy atom. The second-order valence-electron chi connectivity index (χ2n) is 3.71. The molecule has 15 heavy (non-hydrogen) atoms. The van der Waals surface area contributed by atoms with E-state index in [4.69, 9.17) is 11.6 Å². The molecule has 0 amide bonds. The zero-order valence-corrected chi connectivity index (χ0v) is 11.2. The van der Waals surface area contributed by atoms with Crippen molar-refractivity contribution in [3.8, 4) is 0 Å². The highest BCUT2D eigenvalue weighted by Gasteiger charge is 2.07. The maximum absolute atomic E-state index is 5.89. The fourth-order valence-corrected chi connectivity index (χ4v) is 2.38. The number of nitrogens with one attached hydrogen (secondary N) is 1. The second kappa shape index (κ2) is 6.48. The SMILES string of the molecule is CCN(C)CCNC(C)c1ccc(Cl)s1. The minimum atomic E-state index is 0.396. The molecular weight excluding hydrogens is 228 g/mol. The van der Waals surface area contributed by atoms with Crippen molar-refractivity contribution >= 4 is 22.9 Å². The van der Waals surface area contributed by atoms with Gasteiger partial charge in [-0.05, 0) is 32.6 Å². The van der Waals surface area contributed by atoms with Gasteiger partial charge in [0.1, 0.15) is 0 Å². The van der Waals surface area contributed by atoms with Crippen LogP contribution in [0.15, 0.2) is 12.1 Å². The van der Waals surface area contributed by atoms with Crippen molar-refractivity contribution in [2.24, 2.45) is 0 Å².